The third-order valence-electron chi connectivity index (χ3n) is 3.34. The number of carbonyl (C=O) groups is 1. The molecule has 1 amide bonds. The number of furan rings is 1. The lowest BCUT2D eigenvalue weighted by atomic mass is 10.2. The van der Waals surface area contributed by atoms with E-state index in [1.54, 1.807) is 36.7 Å². The van der Waals surface area contributed by atoms with Gasteiger partial charge in [0, 0.05) is 17.8 Å². The first-order valence-corrected chi connectivity index (χ1v) is 8.21. The van der Waals surface area contributed by atoms with Crippen molar-refractivity contribution in [3.05, 3.63) is 70.5 Å². The fraction of sp³-hybridized carbons (Fsp3) is 0.111. The Morgan fingerprint density at radius 3 is 2.76 bits per heavy atom. The predicted octanol–water partition coefficient (Wildman–Crippen LogP) is 4.34. The zero-order chi connectivity index (χ0) is 17.6. The smallest absolute Gasteiger partial charge is 0.258 e. The number of benzene rings is 1. The summed E-state index contributed by atoms with van der Waals surface area (Å²) in [6.07, 6.45) is 3.28. The summed E-state index contributed by atoms with van der Waals surface area (Å²) in [5.74, 6) is 0.843. The second-order valence-corrected chi connectivity index (χ2v) is 6.01. The fourth-order valence-electron chi connectivity index (χ4n) is 2.09. The molecular formula is C18H14Cl2N2O3. The van der Waals surface area contributed by atoms with Gasteiger partial charge in [-0.05, 0) is 42.0 Å². The van der Waals surface area contributed by atoms with Crippen molar-refractivity contribution in [2.75, 3.05) is 6.61 Å². The average molecular weight is 377 g/mol. The van der Waals surface area contributed by atoms with Crippen LogP contribution in [0.1, 0.15) is 5.56 Å². The minimum absolute atomic E-state index is 0.140. The second kappa shape index (κ2) is 8.05. The highest BCUT2D eigenvalue weighted by atomic mass is 35.5. The topological polar surface area (TPSA) is 64.4 Å². The van der Waals surface area contributed by atoms with Gasteiger partial charge in [0.25, 0.3) is 5.91 Å². The molecular weight excluding hydrogens is 363 g/mol. The summed E-state index contributed by atoms with van der Waals surface area (Å²) < 4.78 is 10.7. The van der Waals surface area contributed by atoms with Crippen LogP contribution in [-0.2, 0) is 11.3 Å². The molecule has 0 radical (unpaired) electrons. The number of nitrogens with zero attached hydrogens (tertiary/aromatic N) is 1. The molecule has 2 heterocycles. The number of nitrogens with one attached hydrogen (secondary N) is 1. The first-order valence-electron chi connectivity index (χ1n) is 7.45. The molecule has 0 aliphatic carbocycles. The first kappa shape index (κ1) is 17.3. The average Bonchev–Trinajstić information content (AvgIpc) is 3.14. The maximum Gasteiger partial charge on any atom is 0.258 e. The molecule has 0 aliphatic heterocycles. The summed E-state index contributed by atoms with van der Waals surface area (Å²) in [5, 5.41) is 3.62. The van der Waals surface area contributed by atoms with Crippen LogP contribution in [0.25, 0.3) is 11.5 Å². The number of rotatable bonds is 6. The predicted molar refractivity (Wildman–Crippen MR) is 95.7 cm³/mol. The summed E-state index contributed by atoms with van der Waals surface area (Å²) in [4.78, 5) is 16.2. The first-order chi connectivity index (χ1) is 12.1. The van der Waals surface area contributed by atoms with E-state index >= 15 is 0 Å². The largest absolute Gasteiger partial charge is 0.482 e. The second-order valence-electron chi connectivity index (χ2n) is 5.17. The van der Waals surface area contributed by atoms with Crippen LogP contribution in [0.2, 0.25) is 10.0 Å². The molecule has 2 aromatic heterocycles. The lowest BCUT2D eigenvalue weighted by molar-refractivity contribution is -0.123. The van der Waals surface area contributed by atoms with Crippen molar-refractivity contribution < 1.29 is 13.9 Å². The van der Waals surface area contributed by atoms with Crippen LogP contribution < -0.4 is 10.1 Å². The van der Waals surface area contributed by atoms with Crippen molar-refractivity contribution in [3.63, 3.8) is 0 Å². The summed E-state index contributed by atoms with van der Waals surface area (Å²) >= 11 is 11.8. The molecule has 0 atom stereocenters. The monoisotopic (exact) mass is 376 g/mol. The van der Waals surface area contributed by atoms with E-state index in [0.29, 0.717) is 28.1 Å². The van der Waals surface area contributed by atoms with Crippen LogP contribution in [0.4, 0.5) is 0 Å². The number of hydrogen-bond donors (Lipinski definition) is 1. The minimum atomic E-state index is -0.263. The van der Waals surface area contributed by atoms with Gasteiger partial charge in [-0.1, -0.05) is 29.3 Å². The molecule has 3 rings (SSSR count). The van der Waals surface area contributed by atoms with Crippen molar-refractivity contribution in [1.29, 1.82) is 0 Å². The summed E-state index contributed by atoms with van der Waals surface area (Å²) in [7, 11) is 0. The number of halogens is 2. The Balaban J connectivity index is 1.49. The van der Waals surface area contributed by atoms with Crippen LogP contribution in [0.15, 0.2) is 59.3 Å². The molecule has 0 spiro atoms. The molecule has 25 heavy (non-hydrogen) atoms. The summed E-state index contributed by atoms with van der Waals surface area (Å²) in [5.41, 5.74) is 1.61. The van der Waals surface area contributed by atoms with Crippen molar-refractivity contribution in [2.45, 2.75) is 6.54 Å². The van der Waals surface area contributed by atoms with Crippen molar-refractivity contribution in [2.24, 2.45) is 0 Å². The Bertz CT molecular complexity index is 849. The number of pyridine rings is 1. The highest BCUT2D eigenvalue weighted by Crippen LogP contribution is 2.27. The lowest BCUT2D eigenvalue weighted by Crippen LogP contribution is -2.28. The van der Waals surface area contributed by atoms with Crippen molar-refractivity contribution in [3.8, 4) is 17.2 Å². The van der Waals surface area contributed by atoms with E-state index in [0.717, 1.165) is 11.3 Å². The Kier molecular flexibility index (Phi) is 5.58. The summed E-state index contributed by atoms with van der Waals surface area (Å²) in [6.45, 7) is 0.210. The van der Waals surface area contributed by atoms with E-state index in [-0.39, 0.29) is 12.5 Å². The van der Waals surface area contributed by atoms with Gasteiger partial charge < -0.3 is 14.5 Å². The SMILES string of the molecule is O=C(COc1ccc(Cl)cc1Cl)NCc1ccc(-c2ccco2)nc1. The van der Waals surface area contributed by atoms with Crippen molar-refractivity contribution in [1.82, 2.24) is 10.3 Å². The standard InChI is InChI=1S/C18H14Cl2N2O3/c19-13-4-6-16(14(20)8-13)25-11-18(23)22-10-12-3-5-15(21-9-12)17-2-1-7-24-17/h1-9H,10-11H2,(H,22,23). The highest BCUT2D eigenvalue weighted by molar-refractivity contribution is 6.35. The van der Waals surface area contributed by atoms with Gasteiger partial charge in [-0.2, -0.15) is 0 Å². The zero-order valence-electron chi connectivity index (χ0n) is 13.0. The maximum atomic E-state index is 11.9. The van der Waals surface area contributed by atoms with E-state index in [1.165, 1.54) is 0 Å². The lowest BCUT2D eigenvalue weighted by Gasteiger charge is -2.09. The molecule has 5 nitrogen and oxygen atoms in total. The molecule has 0 saturated carbocycles. The van der Waals surface area contributed by atoms with Gasteiger partial charge in [0.2, 0.25) is 0 Å². The molecule has 7 heteroatoms. The molecule has 3 aromatic rings. The minimum Gasteiger partial charge on any atom is -0.482 e. The zero-order valence-corrected chi connectivity index (χ0v) is 14.6. The van der Waals surface area contributed by atoms with Crippen LogP contribution in [-0.4, -0.2) is 17.5 Å². The Morgan fingerprint density at radius 1 is 1.20 bits per heavy atom. The maximum absolute atomic E-state index is 11.9. The van der Waals surface area contributed by atoms with Gasteiger partial charge in [-0.3, -0.25) is 9.78 Å². The van der Waals surface area contributed by atoms with Crippen LogP contribution in [0.5, 0.6) is 5.75 Å². The van der Waals surface area contributed by atoms with E-state index < -0.39 is 0 Å². The third kappa shape index (κ3) is 4.75. The molecule has 128 valence electrons. The van der Waals surface area contributed by atoms with Gasteiger partial charge in [0.05, 0.1) is 11.3 Å². The Labute approximate surface area is 154 Å². The summed E-state index contributed by atoms with van der Waals surface area (Å²) in [6, 6.07) is 12.2. The number of carbonyl (C=O) groups excluding carboxylic acids is 1. The molecule has 0 fully saturated rings. The normalized spacial score (nSPS) is 10.5. The van der Waals surface area contributed by atoms with Gasteiger partial charge in [-0.15, -0.1) is 0 Å². The molecule has 0 aliphatic rings. The van der Waals surface area contributed by atoms with E-state index in [1.807, 2.05) is 18.2 Å². The van der Waals surface area contributed by atoms with Crippen LogP contribution >= 0.6 is 23.2 Å². The Hall–Kier alpha value is -2.50. The van der Waals surface area contributed by atoms with Gasteiger partial charge in [-0.25, -0.2) is 0 Å². The highest BCUT2D eigenvalue weighted by Gasteiger charge is 2.07. The fourth-order valence-corrected chi connectivity index (χ4v) is 2.55. The van der Waals surface area contributed by atoms with Gasteiger partial charge in [0.15, 0.2) is 12.4 Å². The quantitative estimate of drug-likeness (QED) is 0.694. The number of amides is 1. The van der Waals surface area contributed by atoms with Crippen LogP contribution in [0, 0.1) is 0 Å². The molecule has 0 unspecified atom stereocenters. The van der Waals surface area contributed by atoms with Gasteiger partial charge in [0.1, 0.15) is 11.4 Å². The number of aromatic nitrogens is 1. The number of ether oxygens (including phenoxy) is 1. The van der Waals surface area contributed by atoms with Crippen molar-refractivity contribution >= 4 is 29.1 Å². The van der Waals surface area contributed by atoms with E-state index in [4.69, 9.17) is 32.4 Å². The Morgan fingerprint density at radius 2 is 2.08 bits per heavy atom. The van der Waals surface area contributed by atoms with Gasteiger partial charge >= 0.3 is 0 Å². The van der Waals surface area contributed by atoms with Crippen LogP contribution in [0.3, 0.4) is 0 Å². The molecule has 0 bridgehead atoms. The molecule has 1 N–H and O–H groups in total. The van der Waals surface area contributed by atoms with E-state index in [9.17, 15) is 4.79 Å². The third-order valence-corrected chi connectivity index (χ3v) is 3.87. The molecule has 0 saturated heterocycles. The van der Waals surface area contributed by atoms with E-state index in [2.05, 4.69) is 10.3 Å². The molecule has 1 aromatic carbocycles. The number of hydrogen-bond acceptors (Lipinski definition) is 4.